The van der Waals surface area contributed by atoms with Crippen molar-refractivity contribution in [3.8, 4) is 0 Å². The molecule has 0 aromatic rings. The van der Waals surface area contributed by atoms with Gasteiger partial charge in [-0.05, 0) is 0 Å². The Balaban J connectivity index is 2.45. The zero-order chi connectivity index (χ0) is 10.5. The minimum Gasteiger partial charge on any atom is -0.477 e. The van der Waals surface area contributed by atoms with Crippen LogP contribution < -0.4 is 0 Å². The summed E-state index contributed by atoms with van der Waals surface area (Å²) in [5, 5.41) is 8.67. The van der Waals surface area contributed by atoms with E-state index < -0.39 is 26.1 Å². The van der Waals surface area contributed by atoms with Gasteiger partial charge in [-0.3, -0.25) is 9.69 Å². The summed E-state index contributed by atoms with van der Waals surface area (Å²) in [6.07, 6.45) is -0.125. The van der Waals surface area contributed by atoms with Gasteiger partial charge in [0.05, 0.1) is 6.42 Å². The fourth-order valence-corrected chi connectivity index (χ4v) is 4.22. The summed E-state index contributed by atoms with van der Waals surface area (Å²) in [4.78, 5) is 22.5. The van der Waals surface area contributed by atoms with Crippen molar-refractivity contribution in [2.24, 2.45) is 0 Å². The molecule has 0 spiro atoms. The lowest BCUT2D eigenvalue weighted by Crippen LogP contribution is -2.57. The van der Waals surface area contributed by atoms with Crippen molar-refractivity contribution in [3.05, 3.63) is 11.1 Å². The third kappa shape index (κ3) is 1.14. The first-order valence-electron chi connectivity index (χ1n) is 3.61. The van der Waals surface area contributed by atoms with E-state index >= 15 is 0 Å². The number of hydrogen-bond acceptors (Lipinski definition) is 5. The van der Waals surface area contributed by atoms with Crippen LogP contribution in [0, 0.1) is 0 Å². The summed E-state index contributed by atoms with van der Waals surface area (Å²) < 4.78 is 22.6. The first-order chi connectivity index (χ1) is 6.43. The molecule has 6 nitrogen and oxygen atoms in total. The smallest absolute Gasteiger partial charge is 0.353 e. The minimum absolute atomic E-state index is 0.125. The van der Waals surface area contributed by atoms with E-state index in [2.05, 4.69) is 0 Å². The van der Waals surface area contributed by atoms with Crippen molar-refractivity contribution < 1.29 is 23.1 Å². The van der Waals surface area contributed by atoms with Crippen LogP contribution in [-0.4, -0.2) is 35.7 Å². The summed E-state index contributed by atoms with van der Waals surface area (Å²) >= 11 is 0. The van der Waals surface area contributed by atoms with Crippen molar-refractivity contribution in [2.45, 2.75) is 11.8 Å². The highest BCUT2D eigenvalue weighted by atomic mass is 33.1. The van der Waals surface area contributed by atoms with Gasteiger partial charge in [0.15, 0.2) is 5.37 Å². The maximum atomic E-state index is 11.3. The summed E-state index contributed by atoms with van der Waals surface area (Å²) in [5.41, 5.74) is -0.258. The van der Waals surface area contributed by atoms with Crippen molar-refractivity contribution in [3.63, 3.8) is 0 Å². The van der Waals surface area contributed by atoms with Gasteiger partial charge in [0.1, 0.15) is 5.70 Å². The quantitative estimate of drug-likeness (QED) is 0.488. The fraction of sp³-hybridized carbons (Fsp3) is 0.333. The Kier molecular flexibility index (Phi) is 1.86. The second kappa shape index (κ2) is 2.74. The molecular formula is C6H5NO5S2. The van der Waals surface area contributed by atoms with Crippen LogP contribution in [0.2, 0.25) is 0 Å². The van der Waals surface area contributed by atoms with Gasteiger partial charge in [-0.2, -0.15) is 0 Å². The zero-order valence-electron chi connectivity index (χ0n) is 6.71. The molecule has 0 aromatic heterocycles. The predicted octanol–water partition coefficient (Wildman–Crippen LogP) is -0.453. The van der Waals surface area contributed by atoms with E-state index in [4.69, 9.17) is 5.11 Å². The molecule has 1 atom stereocenters. The standard InChI is InChI=1S/C6H5NO5S2/c8-4-1-5-7(4)3(6(9)10)2-13-14(5,11)12/h2,5H,1H2,(H,9,10)/t5-/m0/s1. The molecule has 14 heavy (non-hydrogen) atoms. The molecule has 0 saturated carbocycles. The third-order valence-corrected chi connectivity index (χ3v) is 5.40. The summed E-state index contributed by atoms with van der Waals surface area (Å²) in [6, 6.07) is 0. The van der Waals surface area contributed by atoms with Gasteiger partial charge in [-0.25, -0.2) is 13.2 Å². The van der Waals surface area contributed by atoms with Gasteiger partial charge in [0.2, 0.25) is 14.8 Å². The van der Waals surface area contributed by atoms with E-state index in [-0.39, 0.29) is 12.1 Å². The van der Waals surface area contributed by atoms with Crippen LogP contribution in [0.5, 0.6) is 0 Å². The number of hydrogen-bond donors (Lipinski definition) is 1. The van der Waals surface area contributed by atoms with Crippen LogP contribution in [0.4, 0.5) is 0 Å². The number of rotatable bonds is 1. The van der Waals surface area contributed by atoms with E-state index in [1.165, 1.54) is 0 Å². The predicted molar refractivity (Wildman–Crippen MR) is 47.5 cm³/mol. The Morgan fingerprint density at radius 1 is 1.64 bits per heavy atom. The van der Waals surface area contributed by atoms with E-state index in [1.54, 1.807) is 0 Å². The van der Waals surface area contributed by atoms with Crippen molar-refractivity contribution in [1.82, 2.24) is 4.90 Å². The number of carboxylic acid groups (broad SMARTS) is 1. The molecule has 2 rings (SSSR count). The Bertz CT molecular complexity index is 451. The Morgan fingerprint density at radius 3 is 2.79 bits per heavy atom. The second-order valence-electron chi connectivity index (χ2n) is 2.82. The van der Waals surface area contributed by atoms with Crippen molar-refractivity contribution in [1.29, 1.82) is 0 Å². The van der Waals surface area contributed by atoms with E-state index in [0.717, 1.165) is 10.3 Å². The number of nitrogens with zero attached hydrogens (tertiary/aromatic N) is 1. The fourth-order valence-electron chi connectivity index (χ4n) is 1.29. The highest BCUT2D eigenvalue weighted by Crippen LogP contribution is 2.40. The molecule has 0 aromatic carbocycles. The molecule has 2 aliphatic rings. The summed E-state index contributed by atoms with van der Waals surface area (Å²) in [5.74, 6) is -1.75. The van der Waals surface area contributed by atoms with Gasteiger partial charge in [0, 0.05) is 16.2 Å². The van der Waals surface area contributed by atoms with Crippen LogP contribution in [0.25, 0.3) is 0 Å². The zero-order valence-corrected chi connectivity index (χ0v) is 8.34. The second-order valence-corrected chi connectivity index (χ2v) is 6.75. The number of amides is 1. The molecule has 0 radical (unpaired) electrons. The number of fused-ring (bicyclic) bond motifs is 1. The molecule has 1 amide bonds. The molecular weight excluding hydrogens is 230 g/mol. The van der Waals surface area contributed by atoms with Crippen LogP contribution >= 0.6 is 10.8 Å². The molecule has 1 fully saturated rings. The van der Waals surface area contributed by atoms with Gasteiger partial charge >= 0.3 is 5.97 Å². The average Bonchev–Trinajstić information content (AvgIpc) is 2.05. The molecule has 2 heterocycles. The largest absolute Gasteiger partial charge is 0.477 e. The van der Waals surface area contributed by atoms with Crippen LogP contribution in [0.15, 0.2) is 11.1 Å². The lowest BCUT2D eigenvalue weighted by molar-refractivity contribution is -0.146. The molecule has 2 aliphatic heterocycles. The summed E-state index contributed by atoms with van der Waals surface area (Å²) in [6.45, 7) is 0. The van der Waals surface area contributed by atoms with Crippen molar-refractivity contribution >= 4 is 31.5 Å². The third-order valence-electron chi connectivity index (χ3n) is 2.01. The minimum atomic E-state index is -3.44. The highest BCUT2D eigenvalue weighted by Gasteiger charge is 2.51. The van der Waals surface area contributed by atoms with Gasteiger partial charge in [-0.15, -0.1) is 0 Å². The highest BCUT2D eigenvalue weighted by molar-refractivity contribution is 8.73. The molecule has 1 N–H and O–H groups in total. The lowest BCUT2D eigenvalue weighted by atomic mass is 10.2. The maximum absolute atomic E-state index is 11.3. The Morgan fingerprint density at radius 2 is 2.29 bits per heavy atom. The van der Waals surface area contributed by atoms with E-state index in [1.807, 2.05) is 0 Å². The van der Waals surface area contributed by atoms with E-state index in [0.29, 0.717) is 10.8 Å². The first-order valence-corrected chi connectivity index (χ1v) is 6.55. The topological polar surface area (TPSA) is 91.7 Å². The average molecular weight is 235 g/mol. The van der Waals surface area contributed by atoms with Crippen LogP contribution in [0.3, 0.4) is 0 Å². The molecule has 0 aliphatic carbocycles. The maximum Gasteiger partial charge on any atom is 0.353 e. The molecule has 76 valence electrons. The van der Waals surface area contributed by atoms with Gasteiger partial charge in [-0.1, -0.05) is 0 Å². The van der Waals surface area contributed by atoms with Gasteiger partial charge < -0.3 is 5.11 Å². The lowest BCUT2D eigenvalue weighted by Gasteiger charge is -2.41. The molecule has 0 unspecified atom stereocenters. The normalized spacial score (nSPS) is 28.9. The summed E-state index contributed by atoms with van der Waals surface area (Å²) in [7, 11) is -2.98. The Hall–Kier alpha value is -1.02. The first kappa shape index (κ1) is 9.53. The van der Waals surface area contributed by atoms with Crippen molar-refractivity contribution in [2.75, 3.05) is 0 Å². The molecule has 8 heteroatoms. The van der Waals surface area contributed by atoms with E-state index in [9.17, 15) is 18.0 Å². The van der Waals surface area contributed by atoms with Crippen LogP contribution in [0.1, 0.15) is 6.42 Å². The monoisotopic (exact) mass is 235 g/mol. The van der Waals surface area contributed by atoms with Gasteiger partial charge in [0.25, 0.3) is 0 Å². The number of β-lactam (4-membered cyclic amide) rings is 1. The number of carbonyl (C=O) groups excluding carboxylic acids is 1. The number of carboxylic acids is 1. The molecule has 0 bridgehead atoms. The number of carbonyl (C=O) groups is 2. The Labute approximate surface area is 82.9 Å². The van der Waals surface area contributed by atoms with Crippen LogP contribution in [-0.2, 0) is 18.5 Å². The SMILES string of the molecule is O=C(O)C1=CSS(=O)(=O)[C@H]2CC(=O)N12. The number of aliphatic carboxylic acids is 1. The molecule has 1 saturated heterocycles.